The molecule has 3 rings (SSSR count). The molecule has 1 aromatic rings. The van der Waals surface area contributed by atoms with Crippen LogP contribution in [0.15, 0.2) is 17.5 Å². The molecule has 0 aromatic carbocycles. The van der Waals surface area contributed by atoms with Crippen LogP contribution in [0.4, 0.5) is 0 Å². The van der Waals surface area contributed by atoms with E-state index >= 15 is 0 Å². The highest BCUT2D eigenvalue weighted by Gasteiger charge is 2.36. The van der Waals surface area contributed by atoms with Gasteiger partial charge in [-0.2, -0.15) is 0 Å². The van der Waals surface area contributed by atoms with Gasteiger partial charge < -0.3 is 15.1 Å². The van der Waals surface area contributed by atoms with E-state index in [1.165, 1.54) is 11.3 Å². The maximum absolute atomic E-state index is 12.9. The second-order valence-electron chi connectivity index (χ2n) is 6.13. The molecule has 3 heterocycles. The van der Waals surface area contributed by atoms with Gasteiger partial charge in [0.25, 0.3) is 5.91 Å². The predicted molar refractivity (Wildman–Crippen MR) is 94.3 cm³/mol. The van der Waals surface area contributed by atoms with Gasteiger partial charge in [0.2, 0.25) is 5.91 Å². The smallest absolute Gasteiger partial charge is 0.264 e. The van der Waals surface area contributed by atoms with Gasteiger partial charge >= 0.3 is 0 Å². The third kappa shape index (κ3) is 4.05. The lowest BCUT2D eigenvalue weighted by molar-refractivity contribution is -0.138. The Morgan fingerprint density at radius 2 is 2.13 bits per heavy atom. The van der Waals surface area contributed by atoms with Crippen molar-refractivity contribution in [2.75, 3.05) is 26.2 Å². The minimum atomic E-state index is -0.284. The van der Waals surface area contributed by atoms with E-state index in [1.54, 1.807) is 4.90 Å². The lowest BCUT2D eigenvalue weighted by Gasteiger charge is -2.40. The van der Waals surface area contributed by atoms with Gasteiger partial charge in [-0.15, -0.1) is 23.7 Å². The van der Waals surface area contributed by atoms with Crippen molar-refractivity contribution in [1.82, 2.24) is 15.1 Å². The largest absolute Gasteiger partial charge is 0.338 e. The maximum atomic E-state index is 12.9. The molecule has 128 valence electrons. The molecule has 2 unspecified atom stereocenters. The number of rotatable bonds is 2. The van der Waals surface area contributed by atoms with Crippen LogP contribution < -0.4 is 5.32 Å². The van der Waals surface area contributed by atoms with Crippen molar-refractivity contribution in [1.29, 1.82) is 0 Å². The summed E-state index contributed by atoms with van der Waals surface area (Å²) in [5.74, 6) is 0.134. The zero-order chi connectivity index (χ0) is 15.5. The van der Waals surface area contributed by atoms with Crippen LogP contribution in [0, 0.1) is 0 Å². The number of piperazine rings is 1. The normalized spacial score (nSPS) is 24.9. The first-order chi connectivity index (χ1) is 10.7. The van der Waals surface area contributed by atoms with E-state index in [1.807, 2.05) is 22.4 Å². The molecule has 1 aromatic heterocycles. The fourth-order valence-corrected chi connectivity index (χ4v) is 4.00. The number of nitrogens with zero attached hydrogens (tertiary/aromatic N) is 2. The molecule has 0 spiro atoms. The molecule has 2 aliphatic rings. The van der Waals surface area contributed by atoms with Gasteiger partial charge in [-0.1, -0.05) is 6.07 Å². The van der Waals surface area contributed by atoms with Crippen molar-refractivity contribution in [2.45, 2.75) is 38.3 Å². The highest BCUT2D eigenvalue weighted by atomic mass is 35.5. The lowest BCUT2D eigenvalue weighted by Crippen LogP contribution is -2.58. The van der Waals surface area contributed by atoms with Gasteiger partial charge in [0.1, 0.15) is 6.04 Å². The third-order valence-corrected chi connectivity index (χ3v) is 5.32. The molecule has 7 heteroatoms. The molecule has 0 aliphatic carbocycles. The highest BCUT2D eigenvalue weighted by Crippen LogP contribution is 2.23. The summed E-state index contributed by atoms with van der Waals surface area (Å²) in [4.78, 5) is 30.0. The van der Waals surface area contributed by atoms with Crippen LogP contribution in [0.3, 0.4) is 0 Å². The molecule has 0 saturated carbocycles. The molecule has 2 amide bonds. The average molecular weight is 358 g/mol. The van der Waals surface area contributed by atoms with Crippen LogP contribution >= 0.6 is 23.7 Å². The predicted octanol–water partition coefficient (Wildman–Crippen LogP) is 1.98. The first-order valence-corrected chi connectivity index (χ1v) is 8.91. The summed E-state index contributed by atoms with van der Waals surface area (Å²) in [5, 5.41) is 5.26. The molecule has 2 atom stereocenters. The summed E-state index contributed by atoms with van der Waals surface area (Å²) in [7, 11) is 0. The van der Waals surface area contributed by atoms with Crippen molar-refractivity contribution in [3.63, 3.8) is 0 Å². The van der Waals surface area contributed by atoms with E-state index in [2.05, 4.69) is 12.2 Å². The van der Waals surface area contributed by atoms with E-state index in [0.717, 1.165) is 43.8 Å². The standard InChI is InChI=1S/C16H23N3O2S.ClH/c1-12-11-18(9-7-17-12)15(20)13-5-2-3-8-19(13)16(21)14-6-4-10-22-14;/h4,6,10,12-13,17H,2-3,5,7-9,11H2,1H3;1H. The Bertz CT molecular complexity index is 537. The molecule has 23 heavy (non-hydrogen) atoms. The van der Waals surface area contributed by atoms with Gasteiger partial charge in [0.15, 0.2) is 0 Å². The van der Waals surface area contributed by atoms with Gasteiger partial charge in [-0.3, -0.25) is 9.59 Å². The van der Waals surface area contributed by atoms with Crippen molar-refractivity contribution >= 4 is 35.6 Å². The fourth-order valence-electron chi connectivity index (χ4n) is 3.32. The first-order valence-electron chi connectivity index (χ1n) is 8.03. The lowest BCUT2D eigenvalue weighted by atomic mass is 10.00. The maximum Gasteiger partial charge on any atom is 0.264 e. The van der Waals surface area contributed by atoms with Gasteiger partial charge in [-0.25, -0.2) is 0 Å². The quantitative estimate of drug-likeness (QED) is 0.880. The van der Waals surface area contributed by atoms with Gasteiger partial charge in [0.05, 0.1) is 4.88 Å². The summed E-state index contributed by atoms with van der Waals surface area (Å²) in [5.41, 5.74) is 0. The van der Waals surface area contributed by atoms with E-state index in [0.29, 0.717) is 12.6 Å². The number of amides is 2. The number of hydrogen-bond acceptors (Lipinski definition) is 4. The number of thiophene rings is 1. The van der Waals surface area contributed by atoms with Crippen molar-refractivity contribution < 1.29 is 9.59 Å². The van der Waals surface area contributed by atoms with Gasteiger partial charge in [0, 0.05) is 32.2 Å². The SMILES string of the molecule is CC1CN(C(=O)C2CCCCN2C(=O)c2cccs2)CCN1.Cl. The Labute approximate surface area is 147 Å². The van der Waals surface area contributed by atoms with Crippen LogP contribution in [-0.2, 0) is 4.79 Å². The zero-order valence-electron chi connectivity index (χ0n) is 13.4. The van der Waals surface area contributed by atoms with Crippen LogP contribution in [0.25, 0.3) is 0 Å². The topological polar surface area (TPSA) is 52.7 Å². The number of hydrogen-bond donors (Lipinski definition) is 1. The number of carbonyl (C=O) groups excluding carboxylic acids is 2. The van der Waals surface area contributed by atoms with E-state index in [-0.39, 0.29) is 30.3 Å². The minimum Gasteiger partial charge on any atom is -0.338 e. The summed E-state index contributed by atoms with van der Waals surface area (Å²) in [6.45, 7) is 5.08. The molecular formula is C16H24ClN3O2S. The average Bonchev–Trinajstić information content (AvgIpc) is 3.08. The van der Waals surface area contributed by atoms with E-state index in [9.17, 15) is 9.59 Å². The molecule has 2 fully saturated rings. The Kier molecular flexibility index (Phi) is 6.44. The summed E-state index contributed by atoms with van der Waals surface area (Å²) >= 11 is 1.45. The van der Waals surface area contributed by atoms with Gasteiger partial charge in [-0.05, 0) is 37.6 Å². The molecule has 0 bridgehead atoms. The Hall–Kier alpha value is -1.11. The van der Waals surface area contributed by atoms with Crippen LogP contribution in [0.2, 0.25) is 0 Å². The van der Waals surface area contributed by atoms with E-state index in [4.69, 9.17) is 0 Å². The highest BCUT2D eigenvalue weighted by molar-refractivity contribution is 7.12. The fraction of sp³-hybridized carbons (Fsp3) is 0.625. The molecule has 1 N–H and O–H groups in total. The molecule has 0 radical (unpaired) electrons. The van der Waals surface area contributed by atoms with Crippen LogP contribution in [0.1, 0.15) is 35.9 Å². The number of halogens is 1. The summed E-state index contributed by atoms with van der Waals surface area (Å²) in [6, 6.07) is 3.77. The first kappa shape index (κ1) is 18.2. The second kappa shape index (κ2) is 8.13. The Morgan fingerprint density at radius 3 is 2.83 bits per heavy atom. The van der Waals surface area contributed by atoms with Crippen LogP contribution in [-0.4, -0.2) is 59.9 Å². The van der Waals surface area contributed by atoms with Crippen molar-refractivity contribution in [3.8, 4) is 0 Å². The molecule has 5 nitrogen and oxygen atoms in total. The summed E-state index contributed by atoms with van der Waals surface area (Å²) < 4.78 is 0. The number of nitrogens with one attached hydrogen (secondary N) is 1. The monoisotopic (exact) mass is 357 g/mol. The van der Waals surface area contributed by atoms with Crippen molar-refractivity contribution in [3.05, 3.63) is 22.4 Å². The van der Waals surface area contributed by atoms with Crippen molar-refractivity contribution in [2.24, 2.45) is 0 Å². The molecular weight excluding hydrogens is 334 g/mol. The number of piperidine rings is 1. The summed E-state index contributed by atoms with van der Waals surface area (Å²) in [6.07, 6.45) is 2.79. The molecule has 2 aliphatic heterocycles. The molecule has 2 saturated heterocycles. The Balaban J connectivity index is 0.00000192. The number of carbonyl (C=O) groups is 2. The van der Waals surface area contributed by atoms with E-state index < -0.39 is 0 Å². The second-order valence-corrected chi connectivity index (χ2v) is 7.07. The minimum absolute atomic E-state index is 0. The third-order valence-electron chi connectivity index (χ3n) is 4.46. The number of likely N-dealkylation sites (tertiary alicyclic amines) is 1. The van der Waals surface area contributed by atoms with Crippen LogP contribution in [0.5, 0.6) is 0 Å². The Morgan fingerprint density at radius 1 is 1.30 bits per heavy atom. The zero-order valence-corrected chi connectivity index (χ0v) is 15.0.